The Hall–Kier alpha value is -1.23. The number of nitrogens with one attached hydrogen (secondary N) is 1. The van der Waals surface area contributed by atoms with Crippen LogP contribution in [0.15, 0.2) is 12.2 Å². The van der Waals surface area contributed by atoms with Crippen molar-refractivity contribution in [1.29, 1.82) is 0 Å². The van der Waals surface area contributed by atoms with Crippen molar-refractivity contribution in [3.05, 3.63) is 12.2 Å². The second kappa shape index (κ2) is 11.2. The van der Waals surface area contributed by atoms with E-state index >= 15 is 0 Å². The third-order valence-corrected chi connectivity index (χ3v) is 7.96. The molecule has 0 aromatic heterocycles. The van der Waals surface area contributed by atoms with Crippen LogP contribution < -0.4 is 5.32 Å². The van der Waals surface area contributed by atoms with E-state index in [0.717, 1.165) is 41.9 Å². The Morgan fingerprint density at radius 1 is 1.17 bits per heavy atom. The Morgan fingerprint density at radius 2 is 1.69 bits per heavy atom. The predicted molar refractivity (Wildman–Crippen MR) is 126 cm³/mol. The molecule has 166 valence electrons. The second-order valence-corrected chi connectivity index (χ2v) is 9.65. The molecule has 2 nitrogen and oxygen atoms in total. The van der Waals surface area contributed by atoms with Crippen molar-refractivity contribution in [3.8, 4) is 12.3 Å². The van der Waals surface area contributed by atoms with Gasteiger partial charge in [-0.1, -0.05) is 79.9 Å². The average Bonchev–Trinajstić information content (AvgIpc) is 3.07. The molecule has 29 heavy (non-hydrogen) atoms. The van der Waals surface area contributed by atoms with Gasteiger partial charge in [0.25, 0.3) is 0 Å². The fourth-order valence-electron chi connectivity index (χ4n) is 6.04. The largest absolute Gasteiger partial charge is 0.342 e. The van der Waals surface area contributed by atoms with E-state index in [-0.39, 0.29) is 17.9 Å². The van der Waals surface area contributed by atoms with Gasteiger partial charge in [-0.2, -0.15) is 0 Å². The smallest absolute Gasteiger partial charge is 0.224 e. The molecule has 0 saturated heterocycles. The Balaban J connectivity index is 0.000000454. The highest BCUT2D eigenvalue weighted by atomic mass is 16.1. The van der Waals surface area contributed by atoms with Gasteiger partial charge < -0.3 is 5.32 Å². The van der Waals surface area contributed by atoms with Gasteiger partial charge in [0.2, 0.25) is 5.91 Å². The molecule has 3 fully saturated rings. The summed E-state index contributed by atoms with van der Waals surface area (Å²) >= 11 is 0. The minimum Gasteiger partial charge on any atom is -0.342 e. The van der Waals surface area contributed by atoms with Crippen LogP contribution in [0.4, 0.5) is 0 Å². The minimum absolute atomic E-state index is 0.105. The second-order valence-electron chi connectivity index (χ2n) is 9.65. The molecule has 3 aliphatic rings. The van der Waals surface area contributed by atoms with Gasteiger partial charge in [-0.3, -0.25) is 4.79 Å². The average molecular weight is 402 g/mol. The molecular formula is C27H47NO. The molecule has 3 saturated carbocycles. The van der Waals surface area contributed by atoms with Gasteiger partial charge >= 0.3 is 0 Å². The van der Waals surface area contributed by atoms with E-state index < -0.39 is 0 Å². The maximum absolute atomic E-state index is 12.6. The highest BCUT2D eigenvalue weighted by molar-refractivity contribution is 5.79. The molecule has 1 amide bonds. The zero-order chi connectivity index (χ0) is 22.5. The van der Waals surface area contributed by atoms with Crippen LogP contribution in [0, 0.1) is 65.6 Å². The van der Waals surface area contributed by atoms with E-state index in [1.54, 1.807) is 0 Å². The van der Waals surface area contributed by atoms with Crippen molar-refractivity contribution < 1.29 is 4.79 Å². The van der Waals surface area contributed by atoms with Gasteiger partial charge in [0, 0.05) is 5.92 Å². The van der Waals surface area contributed by atoms with Crippen LogP contribution >= 0.6 is 0 Å². The maximum atomic E-state index is 12.6. The number of rotatable bonds is 6. The van der Waals surface area contributed by atoms with Crippen molar-refractivity contribution in [2.24, 2.45) is 53.3 Å². The van der Waals surface area contributed by atoms with Crippen molar-refractivity contribution in [2.75, 3.05) is 0 Å². The van der Waals surface area contributed by atoms with Gasteiger partial charge in [0.1, 0.15) is 0 Å². The normalized spacial score (nSPS) is 35.1. The molecule has 0 radical (unpaired) electrons. The van der Waals surface area contributed by atoms with Crippen molar-refractivity contribution in [1.82, 2.24) is 5.32 Å². The summed E-state index contributed by atoms with van der Waals surface area (Å²) in [6.45, 7) is 23.0. The summed E-state index contributed by atoms with van der Waals surface area (Å²) in [6.07, 6.45) is 8.90. The summed E-state index contributed by atoms with van der Waals surface area (Å²) in [5.74, 6) is 9.49. The van der Waals surface area contributed by atoms with E-state index in [4.69, 9.17) is 6.42 Å². The van der Waals surface area contributed by atoms with Gasteiger partial charge in [-0.05, 0) is 67.1 Å². The number of carbonyl (C=O) groups excluding carboxylic acids is 1. The topological polar surface area (TPSA) is 29.1 Å². The van der Waals surface area contributed by atoms with Gasteiger partial charge in [0.15, 0.2) is 0 Å². The summed E-state index contributed by atoms with van der Waals surface area (Å²) in [5, 5.41) is 3.06. The van der Waals surface area contributed by atoms with E-state index in [9.17, 15) is 4.79 Å². The number of terminal acetylenes is 1. The third-order valence-electron chi connectivity index (χ3n) is 7.96. The summed E-state index contributed by atoms with van der Waals surface area (Å²) in [7, 11) is 0. The molecule has 0 aromatic rings. The van der Waals surface area contributed by atoms with Crippen LogP contribution in [0.25, 0.3) is 0 Å². The van der Waals surface area contributed by atoms with Crippen molar-refractivity contribution in [3.63, 3.8) is 0 Å². The molecule has 2 bridgehead atoms. The number of amides is 1. The minimum atomic E-state index is -0.105. The Kier molecular flexibility index (Phi) is 10.0. The molecule has 1 N–H and O–H groups in total. The number of carbonyl (C=O) groups is 1. The van der Waals surface area contributed by atoms with Gasteiger partial charge in [-0.25, -0.2) is 0 Å². The van der Waals surface area contributed by atoms with Crippen LogP contribution in [0.1, 0.15) is 81.6 Å². The van der Waals surface area contributed by atoms with Crippen LogP contribution in [0.3, 0.4) is 0 Å². The van der Waals surface area contributed by atoms with Crippen LogP contribution in [-0.2, 0) is 4.79 Å². The lowest BCUT2D eigenvalue weighted by molar-refractivity contribution is -0.128. The van der Waals surface area contributed by atoms with Crippen LogP contribution in [0.5, 0.6) is 0 Å². The highest BCUT2D eigenvalue weighted by Gasteiger charge is 2.69. The van der Waals surface area contributed by atoms with E-state index in [1.807, 2.05) is 27.7 Å². The highest BCUT2D eigenvalue weighted by Crippen LogP contribution is 2.73. The summed E-state index contributed by atoms with van der Waals surface area (Å²) in [6, 6.07) is -0.105. The van der Waals surface area contributed by atoms with Gasteiger partial charge in [-0.15, -0.1) is 6.42 Å². The predicted octanol–water partition coefficient (Wildman–Crippen LogP) is 6.57. The lowest BCUT2D eigenvalue weighted by atomic mass is 9.71. The molecule has 0 spiro atoms. The van der Waals surface area contributed by atoms with E-state index in [2.05, 4.69) is 52.4 Å². The standard InChI is InChI=1S/C19H29NO.C6H12.C2H6/c1-6-12(7-2)20-19(21)11(5)16-13(8-3)14-9-15(16)18-10(4)17(14)18;1-5(2)6(3)4;1-2/h1,10-18H,7-9H2,2-5H3,(H,20,21);6H,1H2,2-4H3;1-2H3. The van der Waals surface area contributed by atoms with Crippen molar-refractivity contribution >= 4 is 5.91 Å². The Morgan fingerprint density at radius 3 is 2.10 bits per heavy atom. The van der Waals surface area contributed by atoms with Gasteiger partial charge in [0.05, 0.1) is 6.04 Å². The lowest BCUT2D eigenvalue weighted by Gasteiger charge is -2.34. The number of hydrogen-bond donors (Lipinski definition) is 1. The SMILES string of the molecule is C#CC(CC)NC(=O)C(C)C1C(CC)C2CC1C1C(C)C21.C=C(C)C(C)C.CC. The summed E-state index contributed by atoms with van der Waals surface area (Å²) in [5.41, 5.74) is 1.26. The monoisotopic (exact) mass is 401 g/mol. The van der Waals surface area contributed by atoms with E-state index in [0.29, 0.717) is 11.8 Å². The lowest BCUT2D eigenvalue weighted by Crippen LogP contribution is -2.42. The zero-order valence-corrected chi connectivity index (χ0v) is 20.6. The Bertz CT molecular complexity index is 584. The van der Waals surface area contributed by atoms with Crippen LogP contribution in [-0.4, -0.2) is 11.9 Å². The molecule has 0 heterocycles. The first-order valence-corrected chi connectivity index (χ1v) is 12.1. The Labute approximate surface area is 181 Å². The number of allylic oxidation sites excluding steroid dienone is 1. The molecule has 0 aliphatic heterocycles. The zero-order valence-electron chi connectivity index (χ0n) is 20.6. The fourth-order valence-corrected chi connectivity index (χ4v) is 6.04. The first-order chi connectivity index (χ1) is 13.7. The molecule has 0 aromatic carbocycles. The molecular weight excluding hydrogens is 354 g/mol. The van der Waals surface area contributed by atoms with Crippen molar-refractivity contribution in [2.45, 2.75) is 87.6 Å². The number of hydrogen-bond acceptors (Lipinski definition) is 1. The maximum Gasteiger partial charge on any atom is 0.224 e. The fraction of sp³-hybridized carbons (Fsp3) is 0.815. The summed E-state index contributed by atoms with van der Waals surface area (Å²) in [4.78, 5) is 12.6. The number of fused-ring (bicyclic) bond motifs is 5. The molecule has 9 atom stereocenters. The first-order valence-electron chi connectivity index (χ1n) is 12.1. The molecule has 9 unspecified atom stereocenters. The summed E-state index contributed by atoms with van der Waals surface area (Å²) < 4.78 is 0. The molecule has 3 rings (SSSR count). The van der Waals surface area contributed by atoms with Crippen LogP contribution in [0.2, 0.25) is 0 Å². The molecule has 2 heteroatoms. The third kappa shape index (κ3) is 5.48. The molecule has 3 aliphatic carbocycles. The quantitative estimate of drug-likeness (QED) is 0.396. The van der Waals surface area contributed by atoms with E-state index in [1.165, 1.54) is 18.4 Å². The first kappa shape index (κ1) is 25.8.